The molecule has 2 aliphatic rings. The number of carbonyl (C=O) groups is 1. The van der Waals surface area contributed by atoms with E-state index >= 15 is 0 Å². The molecule has 2 rings (SSSR count). The van der Waals surface area contributed by atoms with Crippen LogP contribution in [-0.2, 0) is 4.79 Å². The third-order valence-electron chi connectivity index (χ3n) is 5.33. The Balaban J connectivity index is 1.64. The molecule has 0 aromatic carbocycles. The predicted octanol–water partition coefficient (Wildman–Crippen LogP) is 3.37. The van der Waals surface area contributed by atoms with Crippen LogP contribution >= 0.6 is 0 Å². The molecule has 0 aromatic rings. The van der Waals surface area contributed by atoms with E-state index in [0.29, 0.717) is 24.4 Å². The fourth-order valence-corrected chi connectivity index (χ4v) is 4.02. The Morgan fingerprint density at radius 3 is 2.60 bits per heavy atom. The molecule has 4 unspecified atom stereocenters. The van der Waals surface area contributed by atoms with Crippen molar-refractivity contribution in [3.8, 4) is 0 Å². The number of hydrogen-bond acceptors (Lipinski definition) is 2. The Morgan fingerprint density at radius 2 is 1.85 bits per heavy atom. The maximum atomic E-state index is 12.1. The lowest BCUT2D eigenvalue weighted by atomic mass is 9.83. The van der Waals surface area contributed by atoms with Gasteiger partial charge in [0.1, 0.15) is 0 Å². The van der Waals surface area contributed by atoms with Crippen molar-refractivity contribution in [3.63, 3.8) is 0 Å². The number of amides is 1. The Hall–Kier alpha value is -0.570. The molecular formula is C17H32N2O. The van der Waals surface area contributed by atoms with Crippen molar-refractivity contribution < 1.29 is 4.79 Å². The van der Waals surface area contributed by atoms with Gasteiger partial charge in [0, 0.05) is 18.5 Å². The molecule has 0 aromatic heterocycles. The monoisotopic (exact) mass is 280 g/mol. The summed E-state index contributed by atoms with van der Waals surface area (Å²) in [7, 11) is 0. The summed E-state index contributed by atoms with van der Waals surface area (Å²) >= 11 is 0. The zero-order valence-electron chi connectivity index (χ0n) is 13.1. The largest absolute Gasteiger partial charge is 0.353 e. The van der Waals surface area contributed by atoms with Crippen molar-refractivity contribution in [3.05, 3.63) is 0 Å². The van der Waals surface area contributed by atoms with E-state index in [2.05, 4.69) is 12.2 Å². The summed E-state index contributed by atoms with van der Waals surface area (Å²) in [5, 5.41) is 3.26. The fourth-order valence-electron chi connectivity index (χ4n) is 4.02. The van der Waals surface area contributed by atoms with Crippen LogP contribution in [0.15, 0.2) is 0 Å². The van der Waals surface area contributed by atoms with Crippen LogP contribution in [-0.4, -0.2) is 18.0 Å². The predicted molar refractivity (Wildman–Crippen MR) is 83.3 cm³/mol. The van der Waals surface area contributed by atoms with Crippen molar-refractivity contribution in [2.75, 3.05) is 0 Å². The van der Waals surface area contributed by atoms with Crippen LogP contribution in [0.1, 0.15) is 77.6 Å². The second-order valence-corrected chi connectivity index (χ2v) is 7.04. The van der Waals surface area contributed by atoms with Gasteiger partial charge in [-0.3, -0.25) is 4.79 Å². The molecule has 2 aliphatic carbocycles. The summed E-state index contributed by atoms with van der Waals surface area (Å²) in [5.41, 5.74) is 6.01. The van der Waals surface area contributed by atoms with E-state index in [1.807, 2.05) is 0 Å². The molecule has 1 amide bonds. The van der Waals surface area contributed by atoms with Gasteiger partial charge in [0.05, 0.1) is 0 Å². The molecular weight excluding hydrogens is 248 g/mol. The van der Waals surface area contributed by atoms with Crippen LogP contribution < -0.4 is 11.1 Å². The van der Waals surface area contributed by atoms with Gasteiger partial charge in [0.2, 0.25) is 5.91 Å². The molecule has 2 fully saturated rings. The SMILES string of the molecule is CCC1CCCC(NC(=O)CCC2CCCC(N)C2)C1. The van der Waals surface area contributed by atoms with Gasteiger partial charge in [-0.2, -0.15) is 0 Å². The first-order valence-electron chi connectivity index (χ1n) is 8.72. The van der Waals surface area contributed by atoms with Gasteiger partial charge in [-0.25, -0.2) is 0 Å². The third-order valence-corrected chi connectivity index (χ3v) is 5.33. The maximum Gasteiger partial charge on any atom is 0.220 e. The average molecular weight is 280 g/mol. The topological polar surface area (TPSA) is 55.1 Å². The minimum absolute atomic E-state index is 0.269. The van der Waals surface area contributed by atoms with Gasteiger partial charge in [-0.15, -0.1) is 0 Å². The van der Waals surface area contributed by atoms with E-state index < -0.39 is 0 Å². The van der Waals surface area contributed by atoms with E-state index in [1.165, 1.54) is 51.4 Å². The lowest BCUT2D eigenvalue weighted by Gasteiger charge is -2.30. The van der Waals surface area contributed by atoms with Crippen LogP contribution in [0.5, 0.6) is 0 Å². The summed E-state index contributed by atoms with van der Waals surface area (Å²) in [6.07, 6.45) is 12.8. The first-order valence-corrected chi connectivity index (χ1v) is 8.72. The summed E-state index contributed by atoms with van der Waals surface area (Å²) in [6, 6.07) is 0.815. The van der Waals surface area contributed by atoms with E-state index in [1.54, 1.807) is 0 Å². The Bertz CT molecular complexity index is 305. The summed E-state index contributed by atoms with van der Waals surface area (Å²) < 4.78 is 0. The van der Waals surface area contributed by atoms with Crippen LogP contribution in [0, 0.1) is 11.8 Å². The highest BCUT2D eigenvalue weighted by Gasteiger charge is 2.23. The van der Waals surface area contributed by atoms with Crippen molar-refractivity contribution >= 4 is 5.91 Å². The van der Waals surface area contributed by atoms with Crippen molar-refractivity contribution in [2.24, 2.45) is 17.6 Å². The smallest absolute Gasteiger partial charge is 0.220 e. The van der Waals surface area contributed by atoms with Gasteiger partial charge in [0.15, 0.2) is 0 Å². The van der Waals surface area contributed by atoms with Crippen molar-refractivity contribution in [1.82, 2.24) is 5.32 Å². The number of hydrogen-bond donors (Lipinski definition) is 2. The highest BCUT2D eigenvalue weighted by Crippen LogP contribution is 2.28. The standard InChI is InChI=1S/C17H32N2O/c1-2-13-5-4-8-16(12-13)19-17(20)10-9-14-6-3-7-15(18)11-14/h13-16H,2-12,18H2,1H3,(H,19,20). The highest BCUT2D eigenvalue weighted by atomic mass is 16.1. The first kappa shape index (κ1) is 15.8. The number of rotatable bonds is 5. The van der Waals surface area contributed by atoms with E-state index in [9.17, 15) is 4.79 Å². The van der Waals surface area contributed by atoms with E-state index in [0.717, 1.165) is 18.8 Å². The Labute approximate surface area is 124 Å². The zero-order valence-corrected chi connectivity index (χ0v) is 13.1. The minimum atomic E-state index is 0.269. The number of nitrogens with two attached hydrogens (primary N) is 1. The molecule has 3 heteroatoms. The molecule has 0 bridgehead atoms. The summed E-state index contributed by atoms with van der Waals surface area (Å²) in [5.74, 6) is 1.77. The highest BCUT2D eigenvalue weighted by molar-refractivity contribution is 5.76. The third kappa shape index (κ3) is 5.08. The number of nitrogens with one attached hydrogen (secondary N) is 1. The molecule has 0 heterocycles. The van der Waals surface area contributed by atoms with Crippen LogP contribution in [0.3, 0.4) is 0 Å². The summed E-state index contributed by atoms with van der Waals surface area (Å²) in [4.78, 5) is 12.1. The molecule has 0 saturated heterocycles. The molecule has 0 aliphatic heterocycles. The van der Waals surface area contributed by atoms with Crippen LogP contribution in [0.4, 0.5) is 0 Å². The van der Waals surface area contributed by atoms with Crippen LogP contribution in [0.25, 0.3) is 0 Å². The molecule has 0 radical (unpaired) electrons. The second kappa shape index (κ2) is 8.02. The number of carbonyl (C=O) groups excluding carboxylic acids is 1. The average Bonchev–Trinajstić information content (AvgIpc) is 2.45. The van der Waals surface area contributed by atoms with Gasteiger partial charge >= 0.3 is 0 Å². The molecule has 2 saturated carbocycles. The second-order valence-electron chi connectivity index (χ2n) is 7.04. The summed E-state index contributed by atoms with van der Waals surface area (Å²) in [6.45, 7) is 2.27. The molecule has 4 atom stereocenters. The maximum absolute atomic E-state index is 12.1. The van der Waals surface area contributed by atoms with Gasteiger partial charge in [0.25, 0.3) is 0 Å². The van der Waals surface area contributed by atoms with Gasteiger partial charge in [-0.1, -0.05) is 39.0 Å². The van der Waals surface area contributed by atoms with Gasteiger partial charge < -0.3 is 11.1 Å². The minimum Gasteiger partial charge on any atom is -0.353 e. The Morgan fingerprint density at radius 1 is 1.10 bits per heavy atom. The zero-order chi connectivity index (χ0) is 14.4. The molecule has 116 valence electrons. The molecule has 0 spiro atoms. The fraction of sp³-hybridized carbons (Fsp3) is 0.941. The Kier molecular flexibility index (Phi) is 6.34. The van der Waals surface area contributed by atoms with Crippen LogP contribution in [0.2, 0.25) is 0 Å². The molecule has 20 heavy (non-hydrogen) atoms. The molecule has 3 N–H and O–H groups in total. The lowest BCUT2D eigenvalue weighted by Crippen LogP contribution is -2.38. The quantitative estimate of drug-likeness (QED) is 0.811. The molecule has 3 nitrogen and oxygen atoms in total. The van der Waals surface area contributed by atoms with Crippen molar-refractivity contribution in [2.45, 2.75) is 89.6 Å². The lowest BCUT2D eigenvalue weighted by molar-refractivity contribution is -0.122. The van der Waals surface area contributed by atoms with E-state index in [-0.39, 0.29) is 5.91 Å². The first-order chi connectivity index (χ1) is 9.67. The van der Waals surface area contributed by atoms with Gasteiger partial charge in [-0.05, 0) is 43.9 Å². The normalized spacial score (nSPS) is 34.7. The van der Waals surface area contributed by atoms with Crippen molar-refractivity contribution in [1.29, 1.82) is 0 Å². The van der Waals surface area contributed by atoms with E-state index in [4.69, 9.17) is 5.73 Å².